The van der Waals surface area contributed by atoms with Crippen LogP contribution in [0.4, 0.5) is 0 Å². The van der Waals surface area contributed by atoms with Crippen LogP contribution < -0.4 is 10.6 Å². The molecule has 0 fully saturated rings. The summed E-state index contributed by atoms with van der Waals surface area (Å²) < 4.78 is 1.94. The van der Waals surface area contributed by atoms with Gasteiger partial charge in [-0.15, -0.1) is 0 Å². The standard InChI is InChI=1S/C21H27N5O2/c1-15(2)11-18(20(28)25-21(3,4)13-22)24-19(27)17-7-5-16(6-8-17)12-26-10-9-23-14-26/h5-10,14-15,18H,11-12H2,1-4H3,(H,24,27)(H,25,28). The van der Waals surface area contributed by atoms with E-state index in [2.05, 4.69) is 15.6 Å². The Bertz CT molecular complexity index is 833. The molecule has 28 heavy (non-hydrogen) atoms. The number of rotatable bonds is 8. The Kier molecular flexibility index (Phi) is 6.94. The summed E-state index contributed by atoms with van der Waals surface area (Å²) in [5.41, 5.74) is 0.531. The van der Waals surface area contributed by atoms with Crippen LogP contribution in [0.15, 0.2) is 43.0 Å². The zero-order valence-corrected chi connectivity index (χ0v) is 16.8. The van der Waals surface area contributed by atoms with Gasteiger partial charge in [0.2, 0.25) is 5.91 Å². The average molecular weight is 381 g/mol. The zero-order valence-electron chi connectivity index (χ0n) is 16.8. The van der Waals surface area contributed by atoms with Gasteiger partial charge in [0, 0.05) is 24.5 Å². The Hall–Kier alpha value is -3.14. The van der Waals surface area contributed by atoms with Crippen LogP contribution in [0.3, 0.4) is 0 Å². The van der Waals surface area contributed by atoms with E-state index in [9.17, 15) is 9.59 Å². The van der Waals surface area contributed by atoms with Crippen LogP contribution in [0.5, 0.6) is 0 Å². The fourth-order valence-electron chi connectivity index (χ4n) is 2.72. The average Bonchev–Trinajstić information content (AvgIpc) is 3.14. The van der Waals surface area contributed by atoms with Crippen molar-refractivity contribution < 1.29 is 9.59 Å². The molecular formula is C21H27N5O2. The molecule has 0 saturated heterocycles. The topological polar surface area (TPSA) is 99.8 Å². The first-order valence-corrected chi connectivity index (χ1v) is 9.29. The molecule has 2 amide bonds. The van der Waals surface area contributed by atoms with Crippen molar-refractivity contribution in [1.82, 2.24) is 20.2 Å². The molecule has 1 atom stereocenters. The van der Waals surface area contributed by atoms with Gasteiger partial charge in [-0.1, -0.05) is 26.0 Å². The maximum atomic E-state index is 12.6. The molecule has 0 bridgehead atoms. The lowest BCUT2D eigenvalue weighted by Crippen LogP contribution is -2.53. The van der Waals surface area contributed by atoms with Gasteiger partial charge in [0.05, 0.1) is 12.4 Å². The van der Waals surface area contributed by atoms with Crippen LogP contribution in [0.25, 0.3) is 0 Å². The number of carbonyl (C=O) groups excluding carboxylic acids is 2. The molecule has 0 aliphatic heterocycles. The van der Waals surface area contributed by atoms with Crippen molar-refractivity contribution in [3.05, 3.63) is 54.1 Å². The largest absolute Gasteiger partial charge is 0.340 e. The third-order valence-corrected chi connectivity index (χ3v) is 4.18. The summed E-state index contributed by atoms with van der Waals surface area (Å²) in [5.74, 6) is -0.464. The maximum Gasteiger partial charge on any atom is 0.251 e. The molecule has 2 aromatic rings. The van der Waals surface area contributed by atoms with E-state index >= 15 is 0 Å². The minimum atomic E-state index is -0.994. The van der Waals surface area contributed by atoms with E-state index in [0.717, 1.165) is 5.56 Å². The van der Waals surface area contributed by atoms with Crippen molar-refractivity contribution in [3.8, 4) is 6.07 Å². The molecular weight excluding hydrogens is 354 g/mol. The first-order valence-electron chi connectivity index (χ1n) is 9.29. The molecule has 0 saturated carbocycles. The van der Waals surface area contributed by atoms with Crippen LogP contribution >= 0.6 is 0 Å². The summed E-state index contributed by atoms with van der Waals surface area (Å²) in [6.45, 7) is 7.87. The quantitative estimate of drug-likeness (QED) is 0.734. The summed E-state index contributed by atoms with van der Waals surface area (Å²) >= 11 is 0. The molecule has 7 nitrogen and oxygen atoms in total. The maximum absolute atomic E-state index is 12.6. The lowest BCUT2D eigenvalue weighted by molar-refractivity contribution is -0.124. The molecule has 148 valence electrons. The predicted molar refractivity (Wildman–Crippen MR) is 106 cm³/mol. The van der Waals surface area contributed by atoms with Crippen molar-refractivity contribution in [2.45, 2.75) is 52.2 Å². The highest BCUT2D eigenvalue weighted by atomic mass is 16.2. The molecule has 0 spiro atoms. The number of hydrogen-bond donors (Lipinski definition) is 2. The van der Waals surface area contributed by atoms with Crippen LogP contribution in [0.1, 0.15) is 50.0 Å². The molecule has 1 aromatic heterocycles. The minimum absolute atomic E-state index is 0.207. The summed E-state index contributed by atoms with van der Waals surface area (Å²) in [4.78, 5) is 29.2. The van der Waals surface area contributed by atoms with Crippen LogP contribution in [0, 0.1) is 17.2 Å². The van der Waals surface area contributed by atoms with Gasteiger partial charge in [-0.3, -0.25) is 9.59 Å². The first kappa shape index (κ1) is 21.2. The van der Waals surface area contributed by atoms with Gasteiger partial charge in [-0.25, -0.2) is 4.98 Å². The zero-order chi connectivity index (χ0) is 20.7. The van der Waals surface area contributed by atoms with Gasteiger partial charge in [0.1, 0.15) is 11.6 Å². The number of nitrogens with zero attached hydrogens (tertiary/aromatic N) is 3. The van der Waals surface area contributed by atoms with Crippen LogP contribution in [0.2, 0.25) is 0 Å². The van der Waals surface area contributed by atoms with E-state index in [1.165, 1.54) is 0 Å². The van der Waals surface area contributed by atoms with E-state index in [1.807, 2.05) is 42.8 Å². The monoisotopic (exact) mass is 381 g/mol. The molecule has 2 rings (SSSR count). The Morgan fingerprint density at radius 2 is 1.93 bits per heavy atom. The van der Waals surface area contributed by atoms with Crippen LogP contribution in [-0.4, -0.2) is 32.9 Å². The highest BCUT2D eigenvalue weighted by Crippen LogP contribution is 2.11. The van der Waals surface area contributed by atoms with Crippen molar-refractivity contribution in [1.29, 1.82) is 5.26 Å². The third-order valence-electron chi connectivity index (χ3n) is 4.18. The second kappa shape index (κ2) is 9.18. The van der Waals surface area contributed by atoms with E-state index < -0.39 is 11.6 Å². The predicted octanol–water partition coefficient (Wildman–Crippen LogP) is 2.49. The van der Waals surface area contributed by atoms with Gasteiger partial charge in [0.25, 0.3) is 5.91 Å². The Balaban J connectivity index is 2.05. The van der Waals surface area contributed by atoms with Gasteiger partial charge >= 0.3 is 0 Å². The van der Waals surface area contributed by atoms with E-state index in [1.54, 1.807) is 38.5 Å². The molecule has 2 N–H and O–H groups in total. The van der Waals surface area contributed by atoms with E-state index in [0.29, 0.717) is 18.5 Å². The van der Waals surface area contributed by atoms with Gasteiger partial charge in [-0.05, 0) is 43.9 Å². The second-order valence-electron chi connectivity index (χ2n) is 7.81. The Morgan fingerprint density at radius 3 is 2.46 bits per heavy atom. The number of imidazole rings is 1. The fraction of sp³-hybridized carbons (Fsp3) is 0.429. The number of nitriles is 1. The molecule has 1 heterocycles. The minimum Gasteiger partial charge on any atom is -0.340 e. The van der Waals surface area contributed by atoms with Crippen LogP contribution in [-0.2, 0) is 11.3 Å². The highest BCUT2D eigenvalue weighted by Gasteiger charge is 2.27. The normalized spacial score (nSPS) is 12.3. The number of hydrogen-bond acceptors (Lipinski definition) is 4. The lowest BCUT2D eigenvalue weighted by Gasteiger charge is -2.24. The van der Waals surface area contributed by atoms with Crippen molar-refractivity contribution >= 4 is 11.8 Å². The smallest absolute Gasteiger partial charge is 0.251 e. The van der Waals surface area contributed by atoms with Gasteiger partial charge in [-0.2, -0.15) is 5.26 Å². The van der Waals surface area contributed by atoms with Crippen molar-refractivity contribution in [3.63, 3.8) is 0 Å². The molecule has 1 aromatic carbocycles. The molecule has 0 aliphatic carbocycles. The second-order valence-corrected chi connectivity index (χ2v) is 7.81. The van der Waals surface area contributed by atoms with E-state index in [4.69, 9.17) is 5.26 Å². The Morgan fingerprint density at radius 1 is 1.25 bits per heavy atom. The number of nitrogens with one attached hydrogen (secondary N) is 2. The fourth-order valence-corrected chi connectivity index (χ4v) is 2.72. The summed E-state index contributed by atoms with van der Waals surface area (Å²) in [5, 5.41) is 14.6. The number of benzene rings is 1. The SMILES string of the molecule is CC(C)CC(NC(=O)c1ccc(Cn2ccnc2)cc1)C(=O)NC(C)(C)C#N. The van der Waals surface area contributed by atoms with Crippen molar-refractivity contribution in [2.75, 3.05) is 0 Å². The summed E-state index contributed by atoms with van der Waals surface area (Å²) in [7, 11) is 0. The number of carbonyl (C=O) groups is 2. The number of amides is 2. The van der Waals surface area contributed by atoms with E-state index in [-0.39, 0.29) is 17.7 Å². The van der Waals surface area contributed by atoms with Gasteiger partial charge < -0.3 is 15.2 Å². The molecule has 1 unspecified atom stereocenters. The van der Waals surface area contributed by atoms with Gasteiger partial charge in [0.15, 0.2) is 0 Å². The first-order chi connectivity index (χ1) is 13.2. The Labute approximate surface area is 165 Å². The third kappa shape index (κ3) is 6.23. The molecule has 0 radical (unpaired) electrons. The molecule has 0 aliphatic rings. The molecule has 7 heteroatoms. The van der Waals surface area contributed by atoms with Crippen molar-refractivity contribution in [2.24, 2.45) is 5.92 Å². The summed E-state index contributed by atoms with van der Waals surface area (Å²) in [6.07, 6.45) is 5.81. The lowest BCUT2D eigenvalue weighted by atomic mass is 10.0. The summed E-state index contributed by atoms with van der Waals surface area (Å²) in [6, 6.07) is 8.58. The highest BCUT2D eigenvalue weighted by molar-refractivity contribution is 5.97. The number of aromatic nitrogens is 2.